The molecule has 0 saturated carbocycles. The summed E-state index contributed by atoms with van der Waals surface area (Å²) >= 11 is 8.00. The Morgan fingerprint density at radius 2 is 2.11 bits per heavy atom. The van der Waals surface area contributed by atoms with E-state index in [4.69, 9.17) is 21.1 Å². The summed E-state index contributed by atoms with van der Waals surface area (Å²) in [5.41, 5.74) is 1.28. The van der Waals surface area contributed by atoms with E-state index in [-0.39, 0.29) is 12.3 Å². The van der Waals surface area contributed by atoms with Crippen molar-refractivity contribution in [1.82, 2.24) is 5.32 Å². The Morgan fingerprint density at radius 3 is 2.79 bits per heavy atom. The van der Waals surface area contributed by atoms with Gasteiger partial charge >= 0.3 is 0 Å². The number of thioether (sulfide) groups is 1. The number of ether oxygens (including phenoxy) is 2. The van der Waals surface area contributed by atoms with Crippen LogP contribution in [0.5, 0.6) is 0 Å². The molecule has 0 fully saturated rings. The molecule has 19 heavy (non-hydrogen) atoms. The average Bonchev–Trinajstić information content (AvgIpc) is 2.41. The molecule has 1 aromatic rings. The molecule has 1 aromatic carbocycles. The molecule has 5 heteroatoms. The lowest BCUT2D eigenvalue weighted by Crippen LogP contribution is -2.42. The van der Waals surface area contributed by atoms with Crippen LogP contribution in [-0.4, -0.2) is 32.3 Å². The fraction of sp³-hybridized carbons (Fsp3) is 0.571. The highest BCUT2D eigenvalue weighted by Crippen LogP contribution is 2.37. The first-order valence-electron chi connectivity index (χ1n) is 6.39. The normalized spacial score (nSPS) is 20.4. The van der Waals surface area contributed by atoms with Gasteiger partial charge in [-0.3, -0.25) is 0 Å². The summed E-state index contributed by atoms with van der Waals surface area (Å²) in [7, 11) is 3.32. The van der Waals surface area contributed by atoms with Gasteiger partial charge in [-0.05, 0) is 42.9 Å². The summed E-state index contributed by atoms with van der Waals surface area (Å²) < 4.78 is 10.6. The predicted molar refractivity (Wildman–Crippen MR) is 79.9 cm³/mol. The Kier molecular flexibility index (Phi) is 5.54. The van der Waals surface area contributed by atoms with Crippen LogP contribution >= 0.6 is 23.4 Å². The van der Waals surface area contributed by atoms with Crippen molar-refractivity contribution in [2.75, 3.05) is 20.0 Å². The van der Waals surface area contributed by atoms with Gasteiger partial charge in [-0.2, -0.15) is 0 Å². The standard InChI is InChI=1S/C14H20ClNO2S/c1-9(14(17-2)18-3)16-12-6-7-19-13-5-4-10(15)8-11(12)13/h4-5,8-9,12,14,16H,6-7H2,1-3H3. The number of hydrogen-bond donors (Lipinski definition) is 1. The van der Waals surface area contributed by atoms with Crippen LogP contribution in [0.3, 0.4) is 0 Å². The molecule has 106 valence electrons. The van der Waals surface area contributed by atoms with E-state index < -0.39 is 0 Å². The molecule has 0 spiro atoms. The van der Waals surface area contributed by atoms with Crippen molar-refractivity contribution in [1.29, 1.82) is 0 Å². The number of hydrogen-bond acceptors (Lipinski definition) is 4. The lowest BCUT2D eigenvalue weighted by atomic mass is 10.0. The molecule has 0 aliphatic carbocycles. The number of methoxy groups -OCH3 is 2. The molecule has 0 bridgehead atoms. The van der Waals surface area contributed by atoms with Crippen molar-refractivity contribution in [3.63, 3.8) is 0 Å². The van der Waals surface area contributed by atoms with Gasteiger partial charge in [0.2, 0.25) is 0 Å². The third-order valence-electron chi connectivity index (χ3n) is 3.35. The maximum Gasteiger partial charge on any atom is 0.171 e. The third-order valence-corrected chi connectivity index (χ3v) is 4.71. The second-order valence-corrected chi connectivity index (χ2v) is 6.24. The minimum absolute atomic E-state index is 0.120. The molecule has 3 nitrogen and oxygen atoms in total. The Hall–Kier alpha value is -0.260. The van der Waals surface area contributed by atoms with E-state index in [2.05, 4.69) is 24.4 Å². The van der Waals surface area contributed by atoms with Gasteiger partial charge in [-0.25, -0.2) is 0 Å². The van der Waals surface area contributed by atoms with Gasteiger partial charge in [0.15, 0.2) is 6.29 Å². The Bertz CT molecular complexity index is 426. The molecule has 2 rings (SSSR count). The van der Waals surface area contributed by atoms with E-state index in [1.165, 1.54) is 10.5 Å². The highest BCUT2D eigenvalue weighted by atomic mass is 35.5. The zero-order chi connectivity index (χ0) is 13.8. The zero-order valence-electron chi connectivity index (χ0n) is 11.5. The zero-order valence-corrected chi connectivity index (χ0v) is 13.1. The van der Waals surface area contributed by atoms with Gasteiger partial charge in [0.1, 0.15) is 0 Å². The maximum absolute atomic E-state index is 6.11. The second-order valence-electron chi connectivity index (χ2n) is 4.67. The van der Waals surface area contributed by atoms with Crippen LogP contribution in [0, 0.1) is 0 Å². The fourth-order valence-electron chi connectivity index (χ4n) is 2.44. The quantitative estimate of drug-likeness (QED) is 0.844. The van der Waals surface area contributed by atoms with Crippen LogP contribution in [-0.2, 0) is 9.47 Å². The third kappa shape index (κ3) is 3.64. The van der Waals surface area contributed by atoms with Gasteiger partial charge in [0, 0.05) is 30.2 Å². The highest BCUT2D eigenvalue weighted by molar-refractivity contribution is 7.99. The van der Waals surface area contributed by atoms with Gasteiger partial charge < -0.3 is 14.8 Å². The van der Waals surface area contributed by atoms with Crippen molar-refractivity contribution >= 4 is 23.4 Å². The van der Waals surface area contributed by atoms with Crippen LogP contribution in [0.4, 0.5) is 0 Å². The first kappa shape index (κ1) is 15.1. The number of rotatable bonds is 5. The van der Waals surface area contributed by atoms with Crippen LogP contribution in [0.15, 0.2) is 23.1 Å². The Balaban J connectivity index is 2.13. The molecule has 1 N–H and O–H groups in total. The molecule has 0 amide bonds. The first-order valence-corrected chi connectivity index (χ1v) is 7.76. The van der Waals surface area contributed by atoms with E-state index in [1.807, 2.05) is 17.8 Å². The number of benzene rings is 1. The molecule has 2 unspecified atom stereocenters. The second kappa shape index (κ2) is 6.95. The molecule has 0 aromatic heterocycles. The topological polar surface area (TPSA) is 30.5 Å². The Labute approximate surface area is 124 Å². The number of nitrogens with one attached hydrogen (secondary N) is 1. The molecular weight excluding hydrogens is 282 g/mol. The van der Waals surface area contributed by atoms with Crippen molar-refractivity contribution in [2.45, 2.75) is 36.6 Å². The van der Waals surface area contributed by atoms with Crippen molar-refractivity contribution in [3.05, 3.63) is 28.8 Å². The van der Waals surface area contributed by atoms with E-state index in [1.54, 1.807) is 14.2 Å². The van der Waals surface area contributed by atoms with Crippen LogP contribution < -0.4 is 5.32 Å². The highest BCUT2D eigenvalue weighted by Gasteiger charge is 2.25. The molecule has 2 atom stereocenters. The maximum atomic E-state index is 6.11. The molecule has 0 radical (unpaired) electrons. The largest absolute Gasteiger partial charge is 0.354 e. The summed E-state index contributed by atoms with van der Waals surface area (Å²) in [4.78, 5) is 1.31. The summed E-state index contributed by atoms with van der Waals surface area (Å²) in [6.07, 6.45) is 0.847. The van der Waals surface area contributed by atoms with Crippen LogP contribution in [0.1, 0.15) is 24.9 Å². The lowest BCUT2D eigenvalue weighted by Gasteiger charge is -2.31. The lowest BCUT2D eigenvalue weighted by molar-refractivity contribution is -0.121. The average molecular weight is 302 g/mol. The molecule has 1 aliphatic heterocycles. The van der Waals surface area contributed by atoms with Crippen molar-refractivity contribution < 1.29 is 9.47 Å². The minimum atomic E-state index is -0.239. The number of fused-ring (bicyclic) bond motifs is 1. The monoisotopic (exact) mass is 301 g/mol. The fourth-order valence-corrected chi connectivity index (χ4v) is 3.72. The first-order chi connectivity index (χ1) is 9.15. The predicted octanol–water partition coefficient (Wildman–Crippen LogP) is 3.47. The summed E-state index contributed by atoms with van der Waals surface area (Å²) in [6, 6.07) is 6.53. The van der Waals surface area contributed by atoms with Gasteiger partial charge in [-0.1, -0.05) is 11.6 Å². The summed E-state index contributed by atoms with van der Waals surface area (Å²) in [5.74, 6) is 1.11. The van der Waals surface area contributed by atoms with Gasteiger partial charge in [0.25, 0.3) is 0 Å². The van der Waals surface area contributed by atoms with E-state index in [0.717, 1.165) is 17.2 Å². The summed E-state index contributed by atoms with van der Waals surface area (Å²) in [6.45, 7) is 2.07. The summed E-state index contributed by atoms with van der Waals surface area (Å²) in [5, 5.41) is 4.37. The SMILES string of the molecule is COC(OC)C(C)NC1CCSc2ccc(Cl)cc21. The minimum Gasteiger partial charge on any atom is -0.354 e. The molecule has 1 heterocycles. The van der Waals surface area contributed by atoms with Gasteiger partial charge in [-0.15, -0.1) is 11.8 Å². The van der Waals surface area contributed by atoms with Gasteiger partial charge in [0.05, 0.1) is 6.04 Å². The molecule has 1 aliphatic rings. The van der Waals surface area contributed by atoms with Crippen molar-refractivity contribution in [2.24, 2.45) is 0 Å². The van der Waals surface area contributed by atoms with Crippen molar-refractivity contribution in [3.8, 4) is 0 Å². The van der Waals surface area contributed by atoms with E-state index in [9.17, 15) is 0 Å². The van der Waals surface area contributed by atoms with Crippen LogP contribution in [0.2, 0.25) is 5.02 Å². The molecule has 0 saturated heterocycles. The van der Waals surface area contributed by atoms with E-state index >= 15 is 0 Å². The Morgan fingerprint density at radius 1 is 1.37 bits per heavy atom. The number of halogens is 1. The van der Waals surface area contributed by atoms with Crippen LogP contribution in [0.25, 0.3) is 0 Å². The van der Waals surface area contributed by atoms with E-state index in [0.29, 0.717) is 6.04 Å². The molecular formula is C14H20ClNO2S. The smallest absolute Gasteiger partial charge is 0.171 e.